The minimum Gasteiger partial charge on any atom is -0.349 e. The molecule has 96 valence electrons. The minimum atomic E-state index is 0.781. The van der Waals surface area contributed by atoms with Gasteiger partial charge in [0.05, 0.1) is 5.03 Å². The lowest BCUT2D eigenvalue weighted by Crippen LogP contribution is -2.05. The summed E-state index contributed by atoms with van der Waals surface area (Å²) in [5, 5.41) is 2.88. The van der Waals surface area contributed by atoms with Crippen LogP contribution in [-0.2, 0) is 0 Å². The van der Waals surface area contributed by atoms with Gasteiger partial charge in [-0.1, -0.05) is 44.4 Å². The van der Waals surface area contributed by atoms with Crippen molar-refractivity contribution in [3.63, 3.8) is 0 Å². The van der Waals surface area contributed by atoms with Gasteiger partial charge in [0.1, 0.15) is 0 Å². The first-order valence-electron chi connectivity index (χ1n) is 7.13. The molecular formula is C16H21NS. The number of fused-ring (bicyclic) bond motifs is 1. The molecule has 1 aliphatic rings. The number of aromatic amines is 1. The van der Waals surface area contributed by atoms with Gasteiger partial charge in [-0.2, -0.15) is 0 Å². The fourth-order valence-corrected chi connectivity index (χ4v) is 4.10. The van der Waals surface area contributed by atoms with E-state index in [1.165, 1.54) is 48.0 Å². The standard InChI is InChI=1S/C16H21NS/c1-2-18-16-15(12-8-4-3-5-9-12)13-10-6-7-11-14(13)17-16/h6-7,10-12,17H,2-5,8-9H2,1H3. The van der Waals surface area contributed by atoms with Gasteiger partial charge in [0.15, 0.2) is 0 Å². The van der Waals surface area contributed by atoms with E-state index >= 15 is 0 Å². The van der Waals surface area contributed by atoms with E-state index in [9.17, 15) is 0 Å². The monoisotopic (exact) mass is 259 g/mol. The smallest absolute Gasteiger partial charge is 0.0767 e. The second-order valence-electron chi connectivity index (χ2n) is 5.18. The summed E-state index contributed by atoms with van der Waals surface area (Å²) in [5.74, 6) is 1.93. The number of hydrogen-bond donors (Lipinski definition) is 1. The van der Waals surface area contributed by atoms with Gasteiger partial charge in [0.2, 0.25) is 0 Å². The first-order chi connectivity index (χ1) is 8.90. The maximum absolute atomic E-state index is 3.63. The first kappa shape index (κ1) is 12.2. The summed E-state index contributed by atoms with van der Waals surface area (Å²) in [6.45, 7) is 2.24. The van der Waals surface area contributed by atoms with Crippen molar-refractivity contribution in [1.29, 1.82) is 0 Å². The highest BCUT2D eigenvalue weighted by atomic mass is 32.2. The van der Waals surface area contributed by atoms with Crippen LogP contribution in [0, 0.1) is 0 Å². The van der Waals surface area contributed by atoms with Crippen molar-refractivity contribution in [1.82, 2.24) is 4.98 Å². The van der Waals surface area contributed by atoms with E-state index in [1.54, 1.807) is 5.56 Å². The van der Waals surface area contributed by atoms with E-state index in [4.69, 9.17) is 0 Å². The summed E-state index contributed by atoms with van der Waals surface area (Å²) in [6.07, 6.45) is 6.98. The Kier molecular flexibility index (Phi) is 3.64. The molecule has 1 aromatic heterocycles. The van der Waals surface area contributed by atoms with Gasteiger partial charge in [-0.25, -0.2) is 0 Å². The summed E-state index contributed by atoms with van der Waals surface area (Å²) in [6, 6.07) is 8.80. The molecule has 0 spiro atoms. The molecule has 2 aromatic rings. The van der Waals surface area contributed by atoms with Crippen molar-refractivity contribution in [3.8, 4) is 0 Å². The predicted octanol–water partition coefficient (Wildman–Crippen LogP) is 5.33. The van der Waals surface area contributed by atoms with Crippen LogP contribution in [0.15, 0.2) is 29.3 Å². The van der Waals surface area contributed by atoms with Crippen LogP contribution in [0.4, 0.5) is 0 Å². The molecule has 0 radical (unpaired) electrons. The Balaban J connectivity index is 2.07. The number of H-pyrrole nitrogens is 1. The Hall–Kier alpha value is -0.890. The van der Waals surface area contributed by atoms with Crippen LogP contribution in [0.2, 0.25) is 0 Å². The topological polar surface area (TPSA) is 15.8 Å². The van der Waals surface area contributed by atoms with Crippen LogP contribution in [0.5, 0.6) is 0 Å². The van der Waals surface area contributed by atoms with E-state index in [0.717, 1.165) is 11.7 Å². The molecule has 0 amide bonds. The number of aromatic nitrogens is 1. The normalized spacial score (nSPS) is 17.4. The number of para-hydroxylation sites is 1. The fraction of sp³-hybridized carbons (Fsp3) is 0.500. The Morgan fingerprint density at radius 3 is 2.72 bits per heavy atom. The molecule has 1 N–H and O–H groups in total. The molecule has 1 saturated carbocycles. The van der Waals surface area contributed by atoms with Gasteiger partial charge in [-0.15, -0.1) is 11.8 Å². The van der Waals surface area contributed by atoms with Crippen LogP contribution in [-0.4, -0.2) is 10.7 Å². The Bertz CT molecular complexity index is 523. The molecule has 2 heteroatoms. The second kappa shape index (κ2) is 5.40. The quantitative estimate of drug-likeness (QED) is 0.737. The third-order valence-electron chi connectivity index (χ3n) is 4.01. The van der Waals surface area contributed by atoms with Crippen molar-refractivity contribution < 1.29 is 0 Å². The SMILES string of the molecule is CCSc1[nH]c2ccccc2c1C1CCCCC1. The molecular weight excluding hydrogens is 238 g/mol. The van der Waals surface area contributed by atoms with Gasteiger partial charge < -0.3 is 4.98 Å². The van der Waals surface area contributed by atoms with Crippen LogP contribution in [0.3, 0.4) is 0 Å². The van der Waals surface area contributed by atoms with E-state index in [2.05, 4.69) is 36.2 Å². The highest BCUT2D eigenvalue weighted by molar-refractivity contribution is 7.99. The van der Waals surface area contributed by atoms with Crippen molar-refractivity contribution >= 4 is 22.7 Å². The molecule has 0 bridgehead atoms. The summed E-state index contributed by atoms with van der Waals surface area (Å²) < 4.78 is 0. The van der Waals surface area contributed by atoms with Gasteiger partial charge in [-0.05, 0) is 36.1 Å². The summed E-state index contributed by atoms with van der Waals surface area (Å²) in [5.41, 5.74) is 2.92. The summed E-state index contributed by atoms with van der Waals surface area (Å²) in [7, 11) is 0. The lowest BCUT2D eigenvalue weighted by atomic mass is 9.84. The zero-order valence-corrected chi connectivity index (χ0v) is 11.9. The molecule has 1 heterocycles. The van der Waals surface area contributed by atoms with Crippen molar-refractivity contribution in [3.05, 3.63) is 29.8 Å². The van der Waals surface area contributed by atoms with Gasteiger partial charge in [-0.3, -0.25) is 0 Å². The summed E-state index contributed by atoms with van der Waals surface area (Å²) >= 11 is 1.97. The molecule has 0 aliphatic heterocycles. The molecule has 0 atom stereocenters. The number of nitrogens with one attached hydrogen (secondary N) is 1. The molecule has 3 rings (SSSR count). The minimum absolute atomic E-state index is 0.781. The van der Waals surface area contributed by atoms with Gasteiger partial charge >= 0.3 is 0 Å². The maximum atomic E-state index is 3.63. The number of hydrogen-bond acceptors (Lipinski definition) is 1. The summed E-state index contributed by atoms with van der Waals surface area (Å²) in [4.78, 5) is 3.63. The molecule has 1 aliphatic carbocycles. The third-order valence-corrected chi connectivity index (χ3v) is 4.91. The van der Waals surface area contributed by atoms with Crippen molar-refractivity contribution in [2.24, 2.45) is 0 Å². The molecule has 1 nitrogen and oxygen atoms in total. The van der Waals surface area contributed by atoms with Crippen molar-refractivity contribution in [2.45, 2.75) is 50.0 Å². The largest absolute Gasteiger partial charge is 0.349 e. The maximum Gasteiger partial charge on any atom is 0.0767 e. The Labute approximate surface area is 113 Å². The number of rotatable bonds is 3. The van der Waals surface area contributed by atoms with Crippen LogP contribution < -0.4 is 0 Å². The third kappa shape index (κ3) is 2.18. The van der Waals surface area contributed by atoms with Crippen LogP contribution >= 0.6 is 11.8 Å². The van der Waals surface area contributed by atoms with Crippen LogP contribution in [0.1, 0.15) is 50.5 Å². The lowest BCUT2D eigenvalue weighted by molar-refractivity contribution is 0.441. The average molecular weight is 259 g/mol. The Morgan fingerprint density at radius 1 is 1.17 bits per heavy atom. The van der Waals surface area contributed by atoms with Crippen molar-refractivity contribution in [2.75, 3.05) is 5.75 Å². The number of thioether (sulfide) groups is 1. The predicted molar refractivity (Wildman–Crippen MR) is 80.5 cm³/mol. The van der Waals surface area contributed by atoms with Gasteiger partial charge in [0.25, 0.3) is 0 Å². The number of benzene rings is 1. The zero-order chi connectivity index (χ0) is 12.4. The van der Waals surface area contributed by atoms with E-state index in [0.29, 0.717) is 0 Å². The second-order valence-corrected chi connectivity index (χ2v) is 6.46. The molecule has 0 unspecified atom stereocenters. The molecule has 1 aromatic carbocycles. The molecule has 18 heavy (non-hydrogen) atoms. The first-order valence-corrected chi connectivity index (χ1v) is 8.12. The highest BCUT2D eigenvalue weighted by Crippen LogP contribution is 2.41. The Morgan fingerprint density at radius 2 is 1.94 bits per heavy atom. The average Bonchev–Trinajstić information content (AvgIpc) is 2.78. The van der Waals surface area contributed by atoms with E-state index in [-0.39, 0.29) is 0 Å². The molecule has 1 fully saturated rings. The highest BCUT2D eigenvalue weighted by Gasteiger charge is 2.22. The zero-order valence-electron chi connectivity index (χ0n) is 11.0. The van der Waals surface area contributed by atoms with Crippen LogP contribution in [0.25, 0.3) is 10.9 Å². The molecule has 0 saturated heterocycles. The fourth-order valence-electron chi connectivity index (χ4n) is 3.19. The van der Waals surface area contributed by atoms with E-state index < -0.39 is 0 Å². The van der Waals surface area contributed by atoms with Gasteiger partial charge in [0, 0.05) is 10.9 Å². The van der Waals surface area contributed by atoms with E-state index in [1.807, 2.05) is 11.8 Å². The lowest BCUT2D eigenvalue weighted by Gasteiger charge is -2.22.